The Labute approximate surface area is 109 Å². The van der Waals surface area contributed by atoms with E-state index in [0.717, 1.165) is 25.7 Å². The standard InChI is InChI=1S/C13H20N2O2S/c1-15(13-10-6-5-9-12(13)14)18(16,17)11-7-3-2-4-8-11/h2-4,7-8,12-13H,5-6,9-10,14H2,1H3. The molecule has 100 valence electrons. The van der Waals surface area contributed by atoms with Crippen molar-refractivity contribution >= 4 is 10.0 Å². The first-order chi connectivity index (χ1) is 8.53. The van der Waals surface area contributed by atoms with E-state index in [4.69, 9.17) is 5.73 Å². The Hall–Kier alpha value is -0.910. The van der Waals surface area contributed by atoms with Crippen LogP contribution in [-0.4, -0.2) is 31.9 Å². The van der Waals surface area contributed by atoms with Crippen LogP contribution < -0.4 is 5.73 Å². The van der Waals surface area contributed by atoms with E-state index in [1.54, 1.807) is 31.3 Å². The molecule has 1 aromatic carbocycles. The number of benzene rings is 1. The van der Waals surface area contributed by atoms with Crippen molar-refractivity contribution in [3.8, 4) is 0 Å². The molecule has 2 atom stereocenters. The second kappa shape index (κ2) is 5.38. The van der Waals surface area contributed by atoms with Gasteiger partial charge in [0.25, 0.3) is 0 Å². The summed E-state index contributed by atoms with van der Waals surface area (Å²) in [5.74, 6) is 0. The van der Waals surface area contributed by atoms with Gasteiger partial charge >= 0.3 is 0 Å². The largest absolute Gasteiger partial charge is 0.326 e. The molecule has 1 saturated carbocycles. The predicted octanol–water partition coefficient (Wildman–Crippen LogP) is 1.58. The van der Waals surface area contributed by atoms with Gasteiger partial charge in [-0.15, -0.1) is 0 Å². The molecule has 0 saturated heterocycles. The molecule has 2 unspecified atom stereocenters. The summed E-state index contributed by atoms with van der Waals surface area (Å²) in [7, 11) is -1.78. The van der Waals surface area contributed by atoms with E-state index >= 15 is 0 Å². The van der Waals surface area contributed by atoms with E-state index in [1.807, 2.05) is 6.07 Å². The fraction of sp³-hybridized carbons (Fsp3) is 0.538. The molecular weight excluding hydrogens is 248 g/mol. The Morgan fingerprint density at radius 3 is 2.39 bits per heavy atom. The molecule has 2 rings (SSSR count). The molecule has 1 aromatic rings. The first kappa shape index (κ1) is 13.5. The summed E-state index contributed by atoms with van der Waals surface area (Å²) < 4.78 is 26.3. The van der Waals surface area contributed by atoms with Crippen molar-refractivity contribution in [2.45, 2.75) is 42.7 Å². The molecule has 0 amide bonds. The summed E-state index contributed by atoms with van der Waals surface area (Å²) in [6.07, 6.45) is 3.90. The van der Waals surface area contributed by atoms with Gasteiger partial charge in [-0.3, -0.25) is 0 Å². The highest BCUT2D eigenvalue weighted by Gasteiger charge is 2.33. The zero-order valence-electron chi connectivity index (χ0n) is 10.6. The van der Waals surface area contributed by atoms with Crippen molar-refractivity contribution in [3.05, 3.63) is 30.3 Å². The zero-order valence-corrected chi connectivity index (χ0v) is 11.4. The average molecular weight is 268 g/mol. The van der Waals surface area contributed by atoms with Crippen molar-refractivity contribution < 1.29 is 8.42 Å². The molecule has 1 fully saturated rings. The summed E-state index contributed by atoms with van der Waals surface area (Å²) in [6.45, 7) is 0. The molecule has 0 bridgehead atoms. The molecule has 0 aliphatic heterocycles. The minimum atomic E-state index is -3.42. The van der Waals surface area contributed by atoms with E-state index < -0.39 is 10.0 Å². The summed E-state index contributed by atoms with van der Waals surface area (Å²) in [5, 5.41) is 0. The fourth-order valence-electron chi connectivity index (χ4n) is 2.53. The van der Waals surface area contributed by atoms with E-state index in [0.29, 0.717) is 4.90 Å². The van der Waals surface area contributed by atoms with Crippen LogP contribution in [0.15, 0.2) is 35.2 Å². The zero-order chi connectivity index (χ0) is 13.2. The molecule has 4 nitrogen and oxygen atoms in total. The molecule has 1 aliphatic carbocycles. The summed E-state index contributed by atoms with van der Waals surface area (Å²) in [4.78, 5) is 0.338. The quantitative estimate of drug-likeness (QED) is 0.905. The lowest BCUT2D eigenvalue weighted by atomic mass is 9.91. The van der Waals surface area contributed by atoms with Crippen LogP contribution in [0.3, 0.4) is 0 Å². The van der Waals surface area contributed by atoms with Gasteiger partial charge in [0.15, 0.2) is 0 Å². The molecule has 5 heteroatoms. The van der Waals surface area contributed by atoms with E-state index in [9.17, 15) is 8.42 Å². The second-order valence-electron chi connectivity index (χ2n) is 4.85. The number of hydrogen-bond acceptors (Lipinski definition) is 3. The first-order valence-corrected chi connectivity index (χ1v) is 7.76. The summed E-state index contributed by atoms with van der Waals surface area (Å²) >= 11 is 0. The van der Waals surface area contributed by atoms with Crippen LogP contribution in [0, 0.1) is 0 Å². The van der Waals surface area contributed by atoms with Gasteiger partial charge in [-0.1, -0.05) is 31.0 Å². The van der Waals surface area contributed by atoms with Crippen molar-refractivity contribution in [3.63, 3.8) is 0 Å². The van der Waals surface area contributed by atoms with Gasteiger partial charge in [-0.25, -0.2) is 8.42 Å². The van der Waals surface area contributed by atoms with E-state index in [2.05, 4.69) is 0 Å². The normalized spacial score (nSPS) is 25.3. The molecule has 0 spiro atoms. The predicted molar refractivity (Wildman–Crippen MR) is 71.6 cm³/mol. The number of sulfonamides is 1. The number of nitrogens with zero attached hydrogens (tertiary/aromatic N) is 1. The lowest BCUT2D eigenvalue weighted by molar-refractivity contribution is 0.252. The number of likely N-dealkylation sites (N-methyl/N-ethyl adjacent to an activating group) is 1. The van der Waals surface area contributed by atoms with E-state index in [1.165, 1.54) is 4.31 Å². The Morgan fingerprint density at radius 2 is 1.78 bits per heavy atom. The van der Waals surface area contributed by atoms with Crippen molar-refractivity contribution in [2.75, 3.05) is 7.05 Å². The van der Waals surface area contributed by atoms with Crippen LogP contribution in [0.25, 0.3) is 0 Å². The van der Waals surface area contributed by atoms with Crippen LogP contribution in [0.1, 0.15) is 25.7 Å². The van der Waals surface area contributed by atoms with Crippen LogP contribution in [0.2, 0.25) is 0 Å². The van der Waals surface area contributed by atoms with Crippen LogP contribution in [0.4, 0.5) is 0 Å². The fourth-order valence-corrected chi connectivity index (χ4v) is 3.98. The van der Waals surface area contributed by atoms with Gasteiger partial charge in [-0.2, -0.15) is 4.31 Å². The van der Waals surface area contributed by atoms with E-state index in [-0.39, 0.29) is 12.1 Å². The molecular formula is C13H20N2O2S. The van der Waals surface area contributed by atoms with Crippen molar-refractivity contribution in [1.82, 2.24) is 4.31 Å². The third kappa shape index (κ3) is 2.58. The maximum Gasteiger partial charge on any atom is 0.243 e. The summed E-state index contributed by atoms with van der Waals surface area (Å²) in [6, 6.07) is 8.40. The minimum absolute atomic E-state index is 0.0535. The SMILES string of the molecule is CN(C1CCCCC1N)S(=O)(=O)c1ccccc1. The van der Waals surface area contributed by atoms with Crippen molar-refractivity contribution in [2.24, 2.45) is 5.73 Å². The minimum Gasteiger partial charge on any atom is -0.326 e. The molecule has 18 heavy (non-hydrogen) atoms. The van der Waals surface area contributed by atoms with Crippen molar-refractivity contribution in [1.29, 1.82) is 0 Å². The molecule has 0 radical (unpaired) electrons. The molecule has 0 heterocycles. The van der Waals surface area contributed by atoms with Crippen LogP contribution >= 0.6 is 0 Å². The molecule has 2 N–H and O–H groups in total. The highest BCUT2D eigenvalue weighted by atomic mass is 32.2. The van der Waals surface area contributed by atoms with Gasteiger partial charge in [-0.05, 0) is 25.0 Å². The monoisotopic (exact) mass is 268 g/mol. The number of rotatable bonds is 3. The summed E-state index contributed by atoms with van der Waals surface area (Å²) in [5.41, 5.74) is 6.05. The molecule has 1 aliphatic rings. The first-order valence-electron chi connectivity index (χ1n) is 6.32. The third-order valence-corrected chi connectivity index (χ3v) is 5.57. The lowest BCUT2D eigenvalue weighted by Gasteiger charge is -2.35. The number of nitrogens with two attached hydrogens (primary N) is 1. The van der Waals surface area contributed by atoms with Crippen LogP contribution in [0.5, 0.6) is 0 Å². The van der Waals surface area contributed by atoms with Crippen LogP contribution in [-0.2, 0) is 10.0 Å². The third-order valence-electron chi connectivity index (χ3n) is 3.67. The van der Waals surface area contributed by atoms with Gasteiger partial charge in [0.05, 0.1) is 4.90 Å². The maximum absolute atomic E-state index is 12.4. The van der Waals surface area contributed by atoms with Gasteiger partial charge < -0.3 is 5.73 Å². The van der Waals surface area contributed by atoms with Gasteiger partial charge in [0.2, 0.25) is 10.0 Å². The average Bonchev–Trinajstić information content (AvgIpc) is 2.39. The Morgan fingerprint density at radius 1 is 1.17 bits per heavy atom. The van der Waals surface area contributed by atoms with Gasteiger partial charge in [0, 0.05) is 19.1 Å². The second-order valence-corrected chi connectivity index (χ2v) is 6.85. The Balaban J connectivity index is 2.25. The Kier molecular flexibility index (Phi) is 4.04. The topological polar surface area (TPSA) is 63.4 Å². The maximum atomic E-state index is 12.4. The number of hydrogen-bond donors (Lipinski definition) is 1. The highest BCUT2D eigenvalue weighted by molar-refractivity contribution is 7.89. The smallest absolute Gasteiger partial charge is 0.243 e. The molecule has 0 aromatic heterocycles. The lowest BCUT2D eigenvalue weighted by Crippen LogP contribution is -2.50. The Bertz CT molecular complexity index is 487. The van der Waals surface area contributed by atoms with Gasteiger partial charge in [0.1, 0.15) is 0 Å². The highest BCUT2D eigenvalue weighted by Crippen LogP contribution is 2.25.